The van der Waals surface area contributed by atoms with E-state index in [1.165, 1.54) is 50.0 Å². The van der Waals surface area contributed by atoms with Crippen LogP contribution in [0.2, 0.25) is 0 Å². The topological polar surface area (TPSA) is 3.24 Å². The summed E-state index contributed by atoms with van der Waals surface area (Å²) in [5.41, 5.74) is 0.623. The highest BCUT2D eigenvalue weighted by atomic mass is 79.9. The maximum absolute atomic E-state index is 3.71. The third kappa shape index (κ3) is 2.92. The largest absolute Gasteiger partial charge is 0.301 e. The molecule has 2 rings (SSSR count). The Hall–Kier alpha value is 0.790. The van der Waals surface area contributed by atoms with Crippen LogP contribution in [0.15, 0.2) is 0 Å². The number of hydrogen-bond donors (Lipinski definition) is 0. The van der Waals surface area contributed by atoms with Crippen LogP contribution >= 0.6 is 27.7 Å². The average Bonchev–Trinajstić information content (AvgIpc) is 2.10. The van der Waals surface area contributed by atoms with Crippen molar-refractivity contribution < 1.29 is 0 Å². The van der Waals surface area contributed by atoms with E-state index >= 15 is 0 Å². The molecule has 0 aromatic rings. The van der Waals surface area contributed by atoms with E-state index in [9.17, 15) is 0 Å². The van der Waals surface area contributed by atoms with Gasteiger partial charge < -0.3 is 4.90 Å². The van der Waals surface area contributed by atoms with Gasteiger partial charge in [-0.25, -0.2) is 0 Å². The Balaban J connectivity index is 1.88. The number of halogens is 1. The minimum Gasteiger partial charge on any atom is -0.301 e. The molecular formula is C12H22BrNS. The second-order valence-electron chi connectivity index (χ2n) is 5.81. The summed E-state index contributed by atoms with van der Waals surface area (Å²) in [6, 6.07) is 0. The molecular weight excluding hydrogens is 270 g/mol. The van der Waals surface area contributed by atoms with Crippen LogP contribution in [0.25, 0.3) is 0 Å². The van der Waals surface area contributed by atoms with Crippen molar-refractivity contribution >= 4 is 27.7 Å². The molecule has 88 valence electrons. The summed E-state index contributed by atoms with van der Waals surface area (Å²) in [5, 5.41) is 1.20. The van der Waals surface area contributed by atoms with Crippen LogP contribution in [0.1, 0.15) is 33.1 Å². The summed E-state index contributed by atoms with van der Waals surface area (Å²) in [4.78, 5) is 2.69. The maximum atomic E-state index is 3.71. The van der Waals surface area contributed by atoms with E-state index in [1.54, 1.807) is 0 Å². The van der Waals surface area contributed by atoms with E-state index < -0.39 is 0 Å². The van der Waals surface area contributed by atoms with Gasteiger partial charge in [-0.1, -0.05) is 22.4 Å². The van der Waals surface area contributed by atoms with Crippen LogP contribution in [0, 0.1) is 5.41 Å². The smallest absolute Gasteiger partial charge is 0.0231 e. The van der Waals surface area contributed by atoms with E-state index in [2.05, 4.69) is 46.4 Å². The minimum atomic E-state index is 0.468. The SMILES string of the molecule is CC1(C)CN(CC2(CBr)CCC2)CCS1. The number of nitrogens with zero attached hydrogens (tertiary/aromatic N) is 1. The number of alkyl halides is 1. The fourth-order valence-electron chi connectivity index (χ4n) is 2.73. The summed E-state index contributed by atoms with van der Waals surface area (Å²) < 4.78 is 0.468. The summed E-state index contributed by atoms with van der Waals surface area (Å²) in [5.74, 6) is 1.31. The molecule has 1 saturated carbocycles. The third-order valence-electron chi connectivity index (χ3n) is 3.76. The molecule has 1 nitrogen and oxygen atoms in total. The van der Waals surface area contributed by atoms with Crippen LogP contribution in [0.5, 0.6) is 0 Å². The number of rotatable bonds is 3. The lowest BCUT2D eigenvalue weighted by atomic mass is 9.70. The molecule has 0 atom stereocenters. The van der Waals surface area contributed by atoms with Crippen molar-refractivity contribution in [2.24, 2.45) is 5.41 Å². The van der Waals surface area contributed by atoms with Gasteiger partial charge in [-0.2, -0.15) is 11.8 Å². The van der Waals surface area contributed by atoms with Gasteiger partial charge in [-0.15, -0.1) is 0 Å². The van der Waals surface area contributed by atoms with Crippen molar-refractivity contribution in [1.82, 2.24) is 4.90 Å². The van der Waals surface area contributed by atoms with Crippen molar-refractivity contribution in [2.45, 2.75) is 37.9 Å². The van der Waals surface area contributed by atoms with Gasteiger partial charge in [0.2, 0.25) is 0 Å². The predicted molar refractivity (Wildman–Crippen MR) is 73.1 cm³/mol. The molecule has 0 spiro atoms. The molecule has 0 N–H and O–H groups in total. The van der Waals surface area contributed by atoms with E-state index in [0.717, 1.165) is 0 Å². The first-order valence-corrected chi connectivity index (χ1v) is 8.08. The molecule has 0 radical (unpaired) electrons. The highest BCUT2D eigenvalue weighted by Gasteiger charge is 2.39. The van der Waals surface area contributed by atoms with E-state index in [4.69, 9.17) is 0 Å². The van der Waals surface area contributed by atoms with Crippen LogP contribution in [0.3, 0.4) is 0 Å². The average molecular weight is 292 g/mol. The van der Waals surface area contributed by atoms with Gasteiger partial charge in [0, 0.05) is 35.5 Å². The Kier molecular flexibility index (Phi) is 3.74. The van der Waals surface area contributed by atoms with Crippen LogP contribution in [0.4, 0.5) is 0 Å². The molecule has 1 heterocycles. The lowest BCUT2D eigenvalue weighted by molar-refractivity contribution is 0.0884. The molecule has 0 unspecified atom stereocenters. The van der Waals surface area contributed by atoms with Crippen molar-refractivity contribution in [2.75, 3.05) is 30.7 Å². The predicted octanol–water partition coefficient (Wildman–Crippen LogP) is 3.38. The first kappa shape index (κ1) is 12.3. The molecule has 0 aromatic heterocycles. The van der Waals surface area contributed by atoms with Gasteiger partial charge in [-0.3, -0.25) is 0 Å². The van der Waals surface area contributed by atoms with Crippen LogP contribution in [-0.2, 0) is 0 Å². The van der Waals surface area contributed by atoms with Gasteiger partial charge >= 0.3 is 0 Å². The second-order valence-corrected chi connectivity index (χ2v) is 8.17. The second kappa shape index (κ2) is 4.58. The van der Waals surface area contributed by atoms with E-state index in [0.29, 0.717) is 10.2 Å². The van der Waals surface area contributed by atoms with Gasteiger partial charge in [0.05, 0.1) is 0 Å². The van der Waals surface area contributed by atoms with E-state index in [1.807, 2.05) is 0 Å². The molecule has 1 aliphatic carbocycles. The normalized spacial score (nSPS) is 29.8. The summed E-state index contributed by atoms with van der Waals surface area (Å²) >= 11 is 5.84. The highest BCUT2D eigenvalue weighted by molar-refractivity contribution is 9.09. The van der Waals surface area contributed by atoms with Crippen LogP contribution in [-0.4, -0.2) is 40.4 Å². The lowest BCUT2D eigenvalue weighted by Gasteiger charge is -2.47. The Morgan fingerprint density at radius 3 is 2.53 bits per heavy atom. The van der Waals surface area contributed by atoms with Crippen molar-refractivity contribution in [3.05, 3.63) is 0 Å². The molecule has 0 bridgehead atoms. The molecule has 3 heteroatoms. The fourth-order valence-corrected chi connectivity index (χ4v) is 4.65. The van der Waals surface area contributed by atoms with Gasteiger partial charge in [0.25, 0.3) is 0 Å². The number of thioether (sulfide) groups is 1. The van der Waals surface area contributed by atoms with Crippen molar-refractivity contribution in [1.29, 1.82) is 0 Å². The summed E-state index contributed by atoms with van der Waals surface area (Å²) in [6.07, 6.45) is 4.31. The zero-order chi connectivity index (χ0) is 10.9. The zero-order valence-electron chi connectivity index (χ0n) is 9.89. The monoisotopic (exact) mass is 291 g/mol. The molecule has 0 aromatic carbocycles. The molecule has 2 fully saturated rings. The van der Waals surface area contributed by atoms with Gasteiger partial charge in [-0.05, 0) is 32.1 Å². The van der Waals surface area contributed by atoms with Crippen molar-refractivity contribution in [3.8, 4) is 0 Å². The molecule has 1 saturated heterocycles. The maximum Gasteiger partial charge on any atom is 0.0231 e. The standard InChI is InChI=1S/C12H22BrNS/c1-11(2)9-14(6-7-15-11)10-12(8-13)4-3-5-12/h3-10H2,1-2H3. The molecule has 0 amide bonds. The van der Waals surface area contributed by atoms with Crippen molar-refractivity contribution in [3.63, 3.8) is 0 Å². The lowest BCUT2D eigenvalue weighted by Crippen LogP contribution is -2.50. The van der Waals surface area contributed by atoms with E-state index in [-0.39, 0.29) is 0 Å². The molecule has 15 heavy (non-hydrogen) atoms. The Labute approximate surface area is 106 Å². The van der Waals surface area contributed by atoms with Gasteiger partial charge in [0.1, 0.15) is 0 Å². The first-order valence-electron chi connectivity index (χ1n) is 5.98. The Morgan fingerprint density at radius 1 is 1.33 bits per heavy atom. The van der Waals surface area contributed by atoms with Crippen LogP contribution < -0.4 is 0 Å². The highest BCUT2D eigenvalue weighted by Crippen LogP contribution is 2.44. The van der Waals surface area contributed by atoms with Gasteiger partial charge in [0.15, 0.2) is 0 Å². The fraction of sp³-hybridized carbons (Fsp3) is 1.00. The third-order valence-corrected chi connectivity index (χ3v) is 6.25. The Bertz CT molecular complexity index is 220. The summed E-state index contributed by atoms with van der Waals surface area (Å²) in [7, 11) is 0. The number of hydrogen-bond acceptors (Lipinski definition) is 2. The quantitative estimate of drug-likeness (QED) is 0.734. The summed E-state index contributed by atoms with van der Waals surface area (Å²) in [6.45, 7) is 8.65. The zero-order valence-corrected chi connectivity index (χ0v) is 12.3. The molecule has 2 aliphatic rings. The molecule has 1 aliphatic heterocycles. The minimum absolute atomic E-state index is 0.468. The Morgan fingerprint density at radius 2 is 2.07 bits per heavy atom. The first-order chi connectivity index (χ1) is 7.05.